The Hall–Kier alpha value is -2.24. The van der Waals surface area contributed by atoms with E-state index < -0.39 is 35.3 Å². The molecule has 1 aromatic carbocycles. The fourth-order valence-electron chi connectivity index (χ4n) is 1.25. The van der Waals surface area contributed by atoms with Gasteiger partial charge in [0.05, 0.1) is 0 Å². The first kappa shape index (κ1) is 14.8. The van der Waals surface area contributed by atoms with Crippen LogP contribution in [0.15, 0.2) is 30.4 Å². The fourth-order valence-corrected chi connectivity index (χ4v) is 1.25. The van der Waals surface area contributed by atoms with Gasteiger partial charge in [0.2, 0.25) is 0 Å². The molecule has 1 aromatic rings. The Labute approximate surface area is 109 Å². The number of hydrogen-bond acceptors (Lipinski definition) is 3. The number of amides is 1. The molecule has 102 valence electrons. The number of esters is 1. The standard InChI is InChI=1S/C13H13F2NO3/c1-3-5-11(17)19-8(2)13(18)16-12-9(14)6-4-7-10(12)15/h3-8H,1-2H3,(H,16,18)/b5-3+. The molecule has 0 saturated carbocycles. The highest BCUT2D eigenvalue weighted by Gasteiger charge is 2.19. The summed E-state index contributed by atoms with van der Waals surface area (Å²) >= 11 is 0. The number of ether oxygens (including phenoxy) is 1. The summed E-state index contributed by atoms with van der Waals surface area (Å²) in [6, 6.07) is 3.19. The van der Waals surface area contributed by atoms with Gasteiger partial charge in [-0.3, -0.25) is 4.79 Å². The van der Waals surface area contributed by atoms with Crippen LogP contribution in [0.2, 0.25) is 0 Å². The van der Waals surface area contributed by atoms with Gasteiger partial charge in [-0.15, -0.1) is 0 Å². The Morgan fingerprint density at radius 3 is 2.42 bits per heavy atom. The lowest BCUT2D eigenvalue weighted by atomic mass is 10.2. The van der Waals surface area contributed by atoms with Crippen LogP contribution in [0.5, 0.6) is 0 Å². The zero-order valence-electron chi connectivity index (χ0n) is 10.4. The Morgan fingerprint density at radius 2 is 1.89 bits per heavy atom. The van der Waals surface area contributed by atoms with E-state index in [9.17, 15) is 18.4 Å². The minimum absolute atomic E-state index is 0.568. The van der Waals surface area contributed by atoms with Crippen LogP contribution in [-0.2, 0) is 14.3 Å². The molecule has 0 aliphatic heterocycles. The van der Waals surface area contributed by atoms with Crippen LogP contribution in [-0.4, -0.2) is 18.0 Å². The third-order valence-corrected chi connectivity index (χ3v) is 2.18. The van der Waals surface area contributed by atoms with Crippen molar-refractivity contribution in [3.8, 4) is 0 Å². The average molecular weight is 269 g/mol. The lowest BCUT2D eigenvalue weighted by Crippen LogP contribution is -2.30. The first-order valence-electron chi connectivity index (χ1n) is 5.54. The molecule has 1 rings (SSSR count). The molecule has 1 amide bonds. The molecule has 0 radical (unpaired) electrons. The van der Waals surface area contributed by atoms with Crippen molar-refractivity contribution in [3.63, 3.8) is 0 Å². The highest BCUT2D eigenvalue weighted by molar-refractivity contribution is 5.96. The van der Waals surface area contributed by atoms with Gasteiger partial charge in [0, 0.05) is 6.08 Å². The van der Waals surface area contributed by atoms with E-state index in [-0.39, 0.29) is 0 Å². The fraction of sp³-hybridized carbons (Fsp3) is 0.231. The van der Waals surface area contributed by atoms with Gasteiger partial charge < -0.3 is 10.1 Å². The van der Waals surface area contributed by atoms with Gasteiger partial charge in [-0.1, -0.05) is 12.1 Å². The molecule has 6 heteroatoms. The average Bonchev–Trinajstić information content (AvgIpc) is 2.34. The van der Waals surface area contributed by atoms with Crippen molar-refractivity contribution in [2.45, 2.75) is 20.0 Å². The number of halogens is 2. The van der Waals surface area contributed by atoms with Gasteiger partial charge in [0.1, 0.15) is 17.3 Å². The second kappa shape index (κ2) is 6.63. The molecule has 1 unspecified atom stereocenters. The van der Waals surface area contributed by atoms with E-state index in [1.165, 1.54) is 19.1 Å². The molecule has 0 spiro atoms. The monoisotopic (exact) mass is 269 g/mol. The second-order valence-corrected chi connectivity index (χ2v) is 3.67. The molecule has 0 bridgehead atoms. The summed E-state index contributed by atoms with van der Waals surface area (Å²) in [6.07, 6.45) is 1.42. The molecular formula is C13H13F2NO3. The molecule has 0 aromatic heterocycles. The molecule has 1 N–H and O–H groups in total. The normalized spacial score (nSPS) is 12.2. The summed E-state index contributed by atoms with van der Waals surface area (Å²) < 4.78 is 31.3. The van der Waals surface area contributed by atoms with Gasteiger partial charge in [-0.2, -0.15) is 0 Å². The Balaban J connectivity index is 2.72. The number of hydrogen-bond donors (Lipinski definition) is 1. The molecule has 0 fully saturated rings. The molecule has 0 heterocycles. The van der Waals surface area contributed by atoms with Gasteiger partial charge in [-0.25, -0.2) is 13.6 Å². The van der Waals surface area contributed by atoms with Crippen LogP contribution in [0, 0.1) is 11.6 Å². The van der Waals surface area contributed by atoms with Crippen molar-refractivity contribution in [1.82, 2.24) is 0 Å². The maximum Gasteiger partial charge on any atom is 0.331 e. The Kier molecular flexibility index (Phi) is 5.17. The van der Waals surface area contributed by atoms with Gasteiger partial charge >= 0.3 is 5.97 Å². The predicted molar refractivity (Wildman–Crippen MR) is 65.4 cm³/mol. The number of carbonyl (C=O) groups excluding carboxylic acids is 2. The number of rotatable bonds is 4. The lowest BCUT2D eigenvalue weighted by Gasteiger charge is -2.13. The van der Waals surface area contributed by atoms with Gasteiger partial charge in [0.25, 0.3) is 5.91 Å². The highest BCUT2D eigenvalue weighted by Crippen LogP contribution is 2.18. The van der Waals surface area contributed by atoms with Gasteiger partial charge in [-0.05, 0) is 26.0 Å². The van der Waals surface area contributed by atoms with E-state index in [4.69, 9.17) is 4.74 Å². The zero-order chi connectivity index (χ0) is 14.4. The number of anilines is 1. The van der Waals surface area contributed by atoms with Crippen molar-refractivity contribution in [2.24, 2.45) is 0 Å². The molecule has 0 saturated heterocycles. The zero-order valence-corrected chi connectivity index (χ0v) is 10.4. The van der Waals surface area contributed by atoms with Crippen molar-refractivity contribution < 1.29 is 23.1 Å². The van der Waals surface area contributed by atoms with E-state index in [0.717, 1.165) is 18.2 Å². The summed E-state index contributed by atoms with van der Waals surface area (Å²) in [5, 5.41) is 2.04. The van der Waals surface area contributed by atoms with Crippen molar-refractivity contribution in [3.05, 3.63) is 42.0 Å². The number of nitrogens with one attached hydrogen (secondary N) is 1. The predicted octanol–water partition coefficient (Wildman–Crippen LogP) is 2.41. The summed E-state index contributed by atoms with van der Waals surface area (Å²) in [4.78, 5) is 22.7. The smallest absolute Gasteiger partial charge is 0.331 e. The third kappa shape index (κ3) is 4.17. The minimum atomic E-state index is -1.16. The van der Waals surface area contributed by atoms with Crippen LogP contribution < -0.4 is 5.32 Å². The number of para-hydroxylation sites is 1. The molecular weight excluding hydrogens is 256 g/mol. The SMILES string of the molecule is C/C=C/C(=O)OC(C)C(=O)Nc1c(F)cccc1F. The number of carbonyl (C=O) groups is 2. The molecule has 1 atom stereocenters. The van der Waals surface area contributed by atoms with E-state index in [1.54, 1.807) is 6.92 Å². The molecule has 4 nitrogen and oxygen atoms in total. The minimum Gasteiger partial charge on any atom is -0.449 e. The molecule has 19 heavy (non-hydrogen) atoms. The Morgan fingerprint density at radius 1 is 1.32 bits per heavy atom. The summed E-state index contributed by atoms with van der Waals surface area (Å²) in [7, 11) is 0. The second-order valence-electron chi connectivity index (χ2n) is 3.67. The summed E-state index contributed by atoms with van der Waals surface area (Å²) in [5.41, 5.74) is -0.568. The number of benzene rings is 1. The van der Waals surface area contributed by atoms with Crippen LogP contribution in [0.4, 0.5) is 14.5 Å². The van der Waals surface area contributed by atoms with Crippen molar-refractivity contribution in [1.29, 1.82) is 0 Å². The maximum absolute atomic E-state index is 13.3. The van der Waals surface area contributed by atoms with E-state index in [1.807, 2.05) is 5.32 Å². The van der Waals surface area contributed by atoms with Crippen LogP contribution >= 0.6 is 0 Å². The quantitative estimate of drug-likeness (QED) is 0.674. The first-order chi connectivity index (χ1) is 8.95. The van der Waals surface area contributed by atoms with E-state index in [0.29, 0.717) is 0 Å². The van der Waals surface area contributed by atoms with Crippen LogP contribution in [0.25, 0.3) is 0 Å². The molecule has 0 aliphatic rings. The third-order valence-electron chi connectivity index (χ3n) is 2.18. The van der Waals surface area contributed by atoms with Crippen molar-refractivity contribution in [2.75, 3.05) is 5.32 Å². The van der Waals surface area contributed by atoms with Gasteiger partial charge in [0.15, 0.2) is 6.10 Å². The molecule has 0 aliphatic carbocycles. The largest absolute Gasteiger partial charge is 0.449 e. The lowest BCUT2D eigenvalue weighted by molar-refractivity contribution is -0.148. The van der Waals surface area contributed by atoms with E-state index in [2.05, 4.69) is 0 Å². The van der Waals surface area contributed by atoms with Crippen LogP contribution in [0.1, 0.15) is 13.8 Å². The first-order valence-corrected chi connectivity index (χ1v) is 5.54. The highest BCUT2D eigenvalue weighted by atomic mass is 19.1. The number of allylic oxidation sites excluding steroid dienone is 1. The van der Waals surface area contributed by atoms with E-state index >= 15 is 0 Å². The maximum atomic E-state index is 13.3. The van der Waals surface area contributed by atoms with Crippen LogP contribution in [0.3, 0.4) is 0 Å². The van der Waals surface area contributed by atoms with Crippen molar-refractivity contribution >= 4 is 17.6 Å². The summed E-state index contributed by atoms with van der Waals surface area (Å²) in [5.74, 6) is -3.33. The summed E-state index contributed by atoms with van der Waals surface area (Å²) in [6.45, 7) is 2.91. The Bertz CT molecular complexity index is 494. The topological polar surface area (TPSA) is 55.4 Å².